The Hall–Kier alpha value is -2.17. The lowest BCUT2D eigenvalue weighted by Gasteiger charge is -2.06. The average Bonchev–Trinajstić information content (AvgIpc) is 2.56. The van der Waals surface area contributed by atoms with E-state index in [1.54, 1.807) is 16.8 Å². The first-order valence-corrected chi connectivity index (χ1v) is 4.57. The highest BCUT2D eigenvalue weighted by Crippen LogP contribution is 2.23. The van der Waals surface area contributed by atoms with Crippen LogP contribution in [0, 0.1) is 0 Å². The molecule has 1 aromatic heterocycles. The largest absolute Gasteiger partial charge is 0.399 e. The first kappa shape index (κ1) is 9.39. The molecular formula is C10H13N5. The van der Waals surface area contributed by atoms with Crippen LogP contribution in [0.4, 0.5) is 22.9 Å². The summed E-state index contributed by atoms with van der Waals surface area (Å²) in [6.07, 6.45) is 1.86. The maximum atomic E-state index is 5.80. The van der Waals surface area contributed by atoms with E-state index in [1.807, 2.05) is 25.4 Å². The van der Waals surface area contributed by atoms with E-state index in [4.69, 9.17) is 11.5 Å². The molecule has 0 saturated heterocycles. The molecule has 1 aromatic carbocycles. The van der Waals surface area contributed by atoms with Crippen molar-refractivity contribution in [2.45, 2.75) is 0 Å². The number of aromatic nitrogens is 2. The van der Waals surface area contributed by atoms with Crippen LogP contribution in [0.5, 0.6) is 0 Å². The van der Waals surface area contributed by atoms with Gasteiger partial charge in [-0.3, -0.25) is 4.68 Å². The highest BCUT2D eigenvalue weighted by molar-refractivity contribution is 5.74. The molecule has 0 aliphatic heterocycles. The van der Waals surface area contributed by atoms with Crippen LogP contribution >= 0.6 is 0 Å². The molecule has 1 heterocycles. The Balaban J connectivity index is 2.24. The molecule has 15 heavy (non-hydrogen) atoms. The van der Waals surface area contributed by atoms with Crippen molar-refractivity contribution in [2.24, 2.45) is 7.05 Å². The minimum atomic E-state index is 0.612. The summed E-state index contributed by atoms with van der Waals surface area (Å²) in [5.74, 6) is 0.758. The Kier molecular flexibility index (Phi) is 2.21. The second-order valence-electron chi connectivity index (χ2n) is 3.35. The Labute approximate surface area is 87.7 Å². The van der Waals surface area contributed by atoms with Crippen LogP contribution in [0.1, 0.15) is 0 Å². The molecule has 78 valence electrons. The number of rotatable bonds is 2. The number of benzene rings is 1. The maximum Gasteiger partial charge on any atom is 0.152 e. The van der Waals surface area contributed by atoms with Crippen molar-refractivity contribution in [2.75, 3.05) is 16.8 Å². The molecule has 0 saturated carbocycles. The third kappa shape index (κ3) is 2.01. The normalized spacial score (nSPS) is 10.2. The van der Waals surface area contributed by atoms with Crippen LogP contribution in [-0.4, -0.2) is 9.78 Å². The van der Waals surface area contributed by atoms with Gasteiger partial charge in [0.15, 0.2) is 5.82 Å². The van der Waals surface area contributed by atoms with Crippen molar-refractivity contribution in [3.8, 4) is 0 Å². The van der Waals surface area contributed by atoms with E-state index < -0.39 is 0 Å². The molecule has 5 nitrogen and oxygen atoms in total. The number of nitrogen functional groups attached to an aromatic ring is 2. The Bertz CT molecular complexity index is 474. The van der Waals surface area contributed by atoms with Crippen molar-refractivity contribution in [1.29, 1.82) is 0 Å². The number of nitrogens with two attached hydrogens (primary N) is 2. The summed E-state index contributed by atoms with van der Waals surface area (Å²) in [6, 6.07) is 7.21. The zero-order valence-corrected chi connectivity index (χ0v) is 8.44. The summed E-state index contributed by atoms with van der Waals surface area (Å²) in [5.41, 5.74) is 13.5. The SMILES string of the molecule is Cn1ccc(Nc2ccc(N)cc2N)n1. The minimum Gasteiger partial charge on any atom is -0.399 e. The summed E-state index contributed by atoms with van der Waals surface area (Å²) >= 11 is 0. The predicted molar refractivity (Wildman–Crippen MR) is 61.8 cm³/mol. The number of nitrogens with one attached hydrogen (secondary N) is 1. The lowest BCUT2D eigenvalue weighted by Crippen LogP contribution is -1.98. The summed E-state index contributed by atoms with van der Waals surface area (Å²) < 4.78 is 1.72. The van der Waals surface area contributed by atoms with E-state index in [0.29, 0.717) is 11.4 Å². The molecule has 0 aliphatic carbocycles. The number of nitrogens with zero attached hydrogens (tertiary/aromatic N) is 2. The first-order chi connectivity index (χ1) is 7.15. The molecule has 0 amide bonds. The van der Waals surface area contributed by atoms with Crippen LogP contribution in [0.3, 0.4) is 0 Å². The van der Waals surface area contributed by atoms with Gasteiger partial charge in [0.1, 0.15) is 0 Å². The quantitative estimate of drug-likeness (QED) is 0.643. The standard InChI is InChI=1S/C10H13N5/c1-15-5-4-10(14-15)13-9-3-2-7(11)6-8(9)12/h2-6H,11-12H2,1H3,(H,13,14). The van der Waals surface area contributed by atoms with Gasteiger partial charge >= 0.3 is 0 Å². The van der Waals surface area contributed by atoms with E-state index in [-0.39, 0.29) is 0 Å². The van der Waals surface area contributed by atoms with E-state index in [1.165, 1.54) is 0 Å². The van der Waals surface area contributed by atoms with Crippen LogP contribution < -0.4 is 16.8 Å². The fourth-order valence-electron chi connectivity index (χ4n) is 1.31. The monoisotopic (exact) mass is 203 g/mol. The number of hydrogen-bond acceptors (Lipinski definition) is 4. The topological polar surface area (TPSA) is 81.9 Å². The zero-order valence-electron chi connectivity index (χ0n) is 8.44. The molecule has 5 N–H and O–H groups in total. The van der Waals surface area contributed by atoms with Crippen molar-refractivity contribution in [3.63, 3.8) is 0 Å². The summed E-state index contributed by atoms with van der Waals surface area (Å²) in [7, 11) is 1.86. The zero-order chi connectivity index (χ0) is 10.8. The fraction of sp³-hybridized carbons (Fsp3) is 0.100. The van der Waals surface area contributed by atoms with Gasteiger partial charge in [0.2, 0.25) is 0 Å². The van der Waals surface area contributed by atoms with Crippen molar-refractivity contribution in [1.82, 2.24) is 9.78 Å². The van der Waals surface area contributed by atoms with Crippen LogP contribution in [0.25, 0.3) is 0 Å². The molecule has 0 aliphatic rings. The summed E-state index contributed by atoms with van der Waals surface area (Å²) in [6.45, 7) is 0. The van der Waals surface area contributed by atoms with E-state index in [2.05, 4.69) is 10.4 Å². The first-order valence-electron chi connectivity index (χ1n) is 4.57. The molecular weight excluding hydrogens is 190 g/mol. The van der Waals surface area contributed by atoms with Gasteiger partial charge in [-0.15, -0.1) is 0 Å². The number of anilines is 4. The molecule has 0 fully saturated rings. The maximum absolute atomic E-state index is 5.80. The highest BCUT2D eigenvalue weighted by Gasteiger charge is 2.01. The van der Waals surface area contributed by atoms with Gasteiger partial charge in [0.25, 0.3) is 0 Å². The second kappa shape index (κ2) is 3.53. The van der Waals surface area contributed by atoms with Crippen LogP contribution in [-0.2, 0) is 7.05 Å². The lowest BCUT2D eigenvalue weighted by molar-refractivity contribution is 0.771. The number of aryl methyl sites for hydroxylation is 1. The molecule has 5 heteroatoms. The van der Waals surface area contributed by atoms with E-state index in [9.17, 15) is 0 Å². The van der Waals surface area contributed by atoms with Gasteiger partial charge in [0.05, 0.1) is 11.4 Å². The van der Waals surface area contributed by atoms with E-state index in [0.717, 1.165) is 11.5 Å². The van der Waals surface area contributed by atoms with Gasteiger partial charge in [-0.25, -0.2) is 0 Å². The molecule has 0 atom stereocenters. The molecule has 0 bridgehead atoms. The molecule has 0 spiro atoms. The third-order valence-corrected chi connectivity index (χ3v) is 2.05. The van der Waals surface area contributed by atoms with Crippen molar-refractivity contribution in [3.05, 3.63) is 30.5 Å². The third-order valence-electron chi connectivity index (χ3n) is 2.05. The Morgan fingerprint density at radius 2 is 2.07 bits per heavy atom. The second-order valence-corrected chi connectivity index (χ2v) is 3.35. The van der Waals surface area contributed by atoms with Crippen LogP contribution in [0.15, 0.2) is 30.5 Å². The van der Waals surface area contributed by atoms with Crippen molar-refractivity contribution < 1.29 is 0 Å². The van der Waals surface area contributed by atoms with E-state index >= 15 is 0 Å². The van der Waals surface area contributed by atoms with Gasteiger partial charge in [-0.05, 0) is 18.2 Å². The fourth-order valence-corrected chi connectivity index (χ4v) is 1.31. The molecule has 2 rings (SSSR count). The van der Waals surface area contributed by atoms with Gasteiger partial charge in [-0.2, -0.15) is 5.10 Å². The Morgan fingerprint density at radius 1 is 1.27 bits per heavy atom. The average molecular weight is 203 g/mol. The van der Waals surface area contributed by atoms with Gasteiger partial charge in [0, 0.05) is 25.0 Å². The Morgan fingerprint density at radius 3 is 2.67 bits per heavy atom. The molecule has 0 radical (unpaired) electrons. The van der Waals surface area contributed by atoms with Crippen molar-refractivity contribution >= 4 is 22.9 Å². The lowest BCUT2D eigenvalue weighted by atomic mass is 10.2. The summed E-state index contributed by atoms with van der Waals surface area (Å²) in [4.78, 5) is 0. The van der Waals surface area contributed by atoms with Gasteiger partial charge in [-0.1, -0.05) is 0 Å². The molecule has 0 unspecified atom stereocenters. The number of hydrogen-bond donors (Lipinski definition) is 3. The van der Waals surface area contributed by atoms with Gasteiger partial charge < -0.3 is 16.8 Å². The summed E-state index contributed by atoms with van der Waals surface area (Å²) in [5, 5.41) is 7.30. The van der Waals surface area contributed by atoms with Crippen LogP contribution in [0.2, 0.25) is 0 Å². The molecule has 2 aromatic rings. The smallest absolute Gasteiger partial charge is 0.152 e. The minimum absolute atomic E-state index is 0.612. The highest BCUT2D eigenvalue weighted by atomic mass is 15.3. The predicted octanol–water partition coefficient (Wildman–Crippen LogP) is 1.33.